The molecule has 1 heterocycles. The highest BCUT2D eigenvalue weighted by atomic mass is 35.5. The maximum Gasteiger partial charge on any atom is 0.194 e. The predicted molar refractivity (Wildman–Crippen MR) is 68.4 cm³/mol. The largest absolute Gasteiger partial charge is 0.379 e. The minimum atomic E-state index is -0.550. The number of morpholine rings is 1. The molecule has 0 bridgehead atoms. The van der Waals surface area contributed by atoms with E-state index in [1.165, 1.54) is 0 Å². The number of hydrogen-bond acceptors (Lipinski definition) is 4. The lowest BCUT2D eigenvalue weighted by Crippen LogP contribution is -2.52. The number of ether oxygens (including phenoxy) is 1. The smallest absolute Gasteiger partial charge is 0.194 e. The number of Topliss-reactive ketones (excluding diaryl/α,β-unsaturated/α-hetero) is 1. The summed E-state index contributed by atoms with van der Waals surface area (Å²) < 4.78 is 5.23. The summed E-state index contributed by atoms with van der Waals surface area (Å²) in [6, 6.07) is 9.17. The third-order valence-electron chi connectivity index (χ3n) is 2.77. The number of hydrogen-bond donors (Lipinski definition) is 1. The van der Waals surface area contributed by atoms with E-state index in [4.69, 9.17) is 10.5 Å². The van der Waals surface area contributed by atoms with E-state index in [0.29, 0.717) is 18.8 Å². The van der Waals surface area contributed by atoms with E-state index >= 15 is 0 Å². The van der Waals surface area contributed by atoms with Crippen molar-refractivity contribution in [3.05, 3.63) is 35.9 Å². The number of carbonyl (C=O) groups is 1. The molecule has 2 rings (SSSR count). The van der Waals surface area contributed by atoms with Crippen LogP contribution in [0.1, 0.15) is 10.4 Å². The summed E-state index contributed by atoms with van der Waals surface area (Å²) in [5.74, 6) is -0.0255. The molecule has 1 fully saturated rings. The van der Waals surface area contributed by atoms with Crippen LogP contribution in [0.3, 0.4) is 0 Å². The molecule has 0 aromatic heterocycles. The van der Waals surface area contributed by atoms with Crippen molar-refractivity contribution in [1.29, 1.82) is 0 Å². The average molecular weight is 257 g/mol. The monoisotopic (exact) mass is 256 g/mol. The highest BCUT2D eigenvalue weighted by molar-refractivity contribution is 5.99. The molecule has 0 aliphatic carbocycles. The fraction of sp³-hybridized carbons (Fsp3) is 0.417. The molecule has 94 valence electrons. The topological polar surface area (TPSA) is 55.6 Å². The van der Waals surface area contributed by atoms with Gasteiger partial charge in [-0.2, -0.15) is 0 Å². The molecule has 5 heteroatoms. The van der Waals surface area contributed by atoms with Gasteiger partial charge in [-0.3, -0.25) is 9.69 Å². The Labute approximate surface area is 107 Å². The van der Waals surface area contributed by atoms with Gasteiger partial charge in [0, 0.05) is 18.7 Å². The first-order valence-corrected chi connectivity index (χ1v) is 5.45. The zero-order valence-electron chi connectivity index (χ0n) is 9.54. The molecule has 17 heavy (non-hydrogen) atoms. The van der Waals surface area contributed by atoms with Crippen molar-refractivity contribution in [2.24, 2.45) is 5.73 Å². The van der Waals surface area contributed by atoms with Gasteiger partial charge in [-0.25, -0.2) is 0 Å². The first kappa shape index (κ1) is 14.1. The Kier molecular flexibility index (Phi) is 5.58. The Balaban J connectivity index is 0.00000144. The van der Waals surface area contributed by atoms with Crippen molar-refractivity contribution in [3.8, 4) is 0 Å². The third kappa shape index (κ3) is 3.51. The zero-order chi connectivity index (χ0) is 11.4. The van der Waals surface area contributed by atoms with Gasteiger partial charge in [0.1, 0.15) is 6.17 Å². The molecule has 1 aromatic rings. The second kappa shape index (κ2) is 6.71. The summed E-state index contributed by atoms with van der Waals surface area (Å²) in [6.45, 7) is 2.74. The summed E-state index contributed by atoms with van der Waals surface area (Å²) in [4.78, 5) is 14.0. The maximum atomic E-state index is 12.0. The van der Waals surface area contributed by atoms with Crippen LogP contribution in [0.2, 0.25) is 0 Å². The van der Waals surface area contributed by atoms with Crippen LogP contribution in [0.25, 0.3) is 0 Å². The quantitative estimate of drug-likeness (QED) is 0.817. The van der Waals surface area contributed by atoms with Crippen molar-refractivity contribution in [1.82, 2.24) is 4.90 Å². The SMILES string of the molecule is Cl.NC(C(=O)c1ccccc1)N1CCOCC1. The summed E-state index contributed by atoms with van der Waals surface area (Å²) in [7, 11) is 0. The van der Waals surface area contributed by atoms with Crippen molar-refractivity contribution in [2.75, 3.05) is 26.3 Å². The Morgan fingerprint density at radius 2 is 1.82 bits per heavy atom. The zero-order valence-corrected chi connectivity index (χ0v) is 10.4. The van der Waals surface area contributed by atoms with E-state index in [1.807, 2.05) is 23.1 Å². The molecule has 1 aliphatic rings. The number of ketones is 1. The molecule has 2 N–H and O–H groups in total. The Morgan fingerprint density at radius 3 is 2.41 bits per heavy atom. The first-order valence-electron chi connectivity index (χ1n) is 5.45. The van der Waals surface area contributed by atoms with Crippen LogP contribution in [-0.4, -0.2) is 43.2 Å². The summed E-state index contributed by atoms with van der Waals surface area (Å²) in [6.07, 6.45) is -0.550. The van der Waals surface area contributed by atoms with E-state index in [2.05, 4.69) is 0 Å². The highest BCUT2D eigenvalue weighted by Crippen LogP contribution is 2.07. The van der Waals surface area contributed by atoms with Crippen LogP contribution in [0.4, 0.5) is 0 Å². The van der Waals surface area contributed by atoms with E-state index in [-0.39, 0.29) is 18.2 Å². The molecular formula is C12H17ClN2O2. The lowest BCUT2D eigenvalue weighted by Gasteiger charge is -2.30. The van der Waals surface area contributed by atoms with Gasteiger partial charge in [-0.05, 0) is 0 Å². The van der Waals surface area contributed by atoms with Crippen LogP contribution in [-0.2, 0) is 4.74 Å². The van der Waals surface area contributed by atoms with Gasteiger partial charge in [0.05, 0.1) is 13.2 Å². The minimum absolute atomic E-state index is 0. The van der Waals surface area contributed by atoms with Crippen molar-refractivity contribution < 1.29 is 9.53 Å². The van der Waals surface area contributed by atoms with E-state index in [9.17, 15) is 4.79 Å². The van der Waals surface area contributed by atoms with Crippen LogP contribution in [0.5, 0.6) is 0 Å². The molecule has 1 aromatic carbocycles. The van der Waals surface area contributed by atoms with Gasteiger partial charge < -0.3 is 10.5 Å². The molecule has 1 atom stereocenters. The van der Waals surface area contributed by atoms with Gasteiger partial charge in [0.2, 0.25) is 0 Å². The number of halogens is 1. The average Bonchev–Trinajstić information content (AvgIpc) is 2.39. The standard InChI is InChI=1S/C12H16N2O2.ClH/c13-12(14-6-8-16-9-7-14)11(15)10-4-2-1-3-5-10;/h1-5,12H,6-9,13H2;1H. The molecule has 0 amide bonds. The molecule has 0 saturated carbocycles. The van der Waals surface area contributed by atoms with Gasteiger partial charge in [0.25, 0.3) is 0 Å². The molecule has 4 nitrogen and oxygen atoms in total. The van der Waals surface area contributed by atoms with Gasteiger partial charge in [-0.1, -0.05) is 30.3 Å². The summed E-state index contributed by atoms with van der Waals surface area (Å²) in [5, 5.41) is 0. The normalized spacial score (nSPS) is 18.2. The van der Waals surface area contributed by atoms with E-state index in [0.717, 1.165) is 13.1 Å². The number of carbonyl (C=O) groups excluding carboxylic acids is 1. The second-order valence-corrected chi connectivity index (χ2v) is 3.82. The van der Waals surface area contributed by atoms with E-state index in [1.54, 1.807) is 12.1 Å². The number of rotatable bonds is 3. The Hall–Kier alpha value is -0.940. The van der Waals surface area contributed by atoms with Crippen LogP contribution in [0.15, 0.2) is 30.3 Å². The van der Waals surface area contributed by atoms with Crippen LogP contribution >= 0.6 is 12.4 Å². The number of nitrogens with zero attached hydrogens (tertiary/aromatic N) is 1. The van der Waals surface area contributed by atoms with Crippen molar-refractivity contribution >= 4 is 18.2 Å². The number of nitrogens with two attached hydrogens (primary N) is 1. The maximum absolute atomic E-state index is 12.0. The van der Waals surface area contributed by atoms with Crippen LogP contribution in [0, 0.1) is 0 Å². The fourth-order valence-corrected chi connectivity index (χ4v) is 1.79. The summed E-state index contributed by atoms with van der Waals surface area (Å²) in [5.41, 5.74) is 6.61. The molecule has 1 saturated heterocycles. The van der Waals surface area contributed by atoms with Crippen molar-refractivity contribution in [3.63, 3.8) is 0 Å². The Morgan fingerprint density at radius 1 is 1.24 bits per heavy atom. The molecular weight excluding hydrogens is 240 g/mol. The third-order valence-corrected chi connectivity index (χ3v) is 2.77. The van der Waals surface area contributed by atoms with Crippen molar-refractivity contribution in [2.45, 2.75) is 6.17 Å². The van der Waals surface area contributed by atoms with Crippen LogP contribution < -0.4 is 5.73 Å². The highest BCUT2D eigenvalue weighted by Gasteiger charge is 2.24. The first-order chi connectivity index (χ1) is 7.79. The predicted octanol–water partition coefficient (Wildman–Crippen LogP) is 0.908. The molecule has 1 aliphatic heterocycles. The second-order valence-electron chi connectivity index (χ2n) is 3.82. The lowest BCUT2D eigenvalue weighted by molar-refractivity contribution is 0.0187. The Bertz CT molecular complexity index is 353. The summed E-state index contributed by atoms with van der Waals surface area (Å²) >= 11 is 0. The molecule has 0 spiro atoms. The van der Waals surface area contributed by atoms with Gasteiger partial charge >= 0.3 is 0 Å². The lowest BCUT2D eigenvalue weighted by atomic mass is 10.1. The minimum Gasteiger partial charge on any atom is -0.379 e. The van der Waals surface area contributed by atoms with E-state index < -0.39 is 6.17 Å². The number of benzene rings is 1. The fourth-order valence-electron chi connectivity index (χ4n) is 1.79. The van der Waals surface area contributed by atoms with Gasteiger partial charge in [-0.15, -0.1) is 12.4 Å². The van der Waals surface area contributed by atoms with Gasteiger partial charge in [0.15, 0.2) is 5.78 Å². The molecule has 1 unspecified atom stereocenters. The molecule has 0 radical (unpaired) electrons.